The summed E-state index contributed by atoms with van der Waals surface area (Å²) in [5.41, 5.74) is 0.952. The zero-order chi connectivity index (χ0) is 6.77. The lowest BCUT2D eigenvalue weighted by Crippen LogP contribution is -2.13. The summed E-state index contributed by atoms with van der Waals surface area (Å²) in [5.74, 6) is 2.40. The summed E-state index contributed by atoms with van der Waals surface area (Å²) < 4.78 is 0. The summed E-state index contributed by atoms with van der Waals surface area (Å²) >= 11 is 2.11. The van der Waals surface area contributed by atoms with Crippen LogP contribution in [0.2, 0.25) is 0 Å². The molecule has 0 aliphatic heterocycles. The SMILES string of the molecule is CSC1C2C1C21CCCC1. The van der Waals surface area contributed by atoms with Crippen LogP contribution in [0.15, 0.2) is 0 Å². The van der Waals surface area contributed by atoms with Gasteiger partial charge in [-0.15, -0.1) is 0 Å². The lowest BCUT2D eigenvalue weighted by Gasteiger charge is -2.18. The van der Waals surface area contributed by atoms with Crippen LogP contribution in [-0.2, 0) is 0 Å². The van der Waals surface area contributed by atoms with Crippen molar-refractivity contribution >= 4 is 11.8 Å². The van der Waals surface area contributed by atoms with Gasteiger partial charge >= 0.3 is 0 Å². The van der Waals surface area contributed by atoms with Crippen molar-refractivity contribution in [3.8, 4) is 0 Å². The fourth-order valence-corrected chi connectivity index (χ4v) is 4.75. The standard InChI is InChI=1S/C9H14S/c1-10-8-6-7(8)9(6)4-2-3-5-9/h6-8H,2-5H2,1H3. The number of fused-ring (bicyclic) bond motifs is 3. The van der Waals surface area contributed by atoms with Gasteiger partial charge in [-0.05, 0) is 36.3 Å². The van der Waals surface area contributed by atoms with E-state index in [-0.39, 0.29) is 0 Å². The quantitative estimate of drug-likeness (QED) is 0.559. The number of rotatable bonds is 1. The van der Waals surface area contributed by atoms with Gasteiger partial charge in [-0.1, -0.05) is 12.8 Å². The highest BCUT2D eigenvalue weighted by molar-refractivity contribution is 7.99. The molecule has 3 fully saturated rings. The van der Waals surface area contributed by atoms with Crippen LogP contribution in [0.4, 0.5) is 0 Å². The maximum Gasteiger partial charge on any atom is 0.0118 e. The Morgan fingerprint density at radius 1 is 1.20 bits per heavy atom. The van der Waals surface area contributed by atoms with Crippen molar-refractivity contribution in [3.05, 3.63) is 0 Å². The Labute approximate surface area is 66.8 Å². The van der Waals surface area contributed by atoms with E-state index >= 15 is 0 Å². The van der Waals surface area contributed by atoms with Gasteiger partial charge in [0.1, 0.15) is 0 Å². The molecule has 3 rings (SSSR count). The van der Waals surface area contributed by atoms with E-state index in [4.69, 9.17) is 0 Å². The molecule has 2 unspecified atom stereocenters. The van der Waals surface area contributed by atoms with Crippen molar-refractivity contribution in [1.29, 1.82) is 0 Å². The first-order valence-electron chi connectivity index (χ1n) is 4.43. The Kier molecular flexibility index (Phi) is 0.934. The molecule has 10 heavy (non-hydrogen) atoms. The van der Waals surface area contributed by atoms with Crippen LogP contribution in [0.1, 0.15) is 25.7 Å². The molecule has 0 heterocycles. The molecule has 0 nitrogen and oxygen atoms in total. The maximum atomic E-state index is 2.28. The molecule has 2 atom stereocenters. The summed E-state index contributed by atoms with van der Waals surface area (Å²) in [5, 5.41) is 1.11. The number of thioether (sulfide) groups is 1. The van der Waals surface area contributed by atoms with Crippen LogP contribution in [0, 0.1) is 17.3 Å². The third-order valence-corrected chi connectivity index (χ3v) is 5.11. The third-order valence-electron chi connectivity index (χ3n) is 3.98. The largest absolute Gasteiger partial charge is 0.161 e. The normalized spacial score (nSPS) is 53.1. The molecule has 0 aromatic carbocycles. The summed E-state index contributed by atoms with van der Waals surface area (Å²) in [7, 11) is 0. The lowest BCUT2D eigenvalue weighted by molar-refractivity contribution is 0.386. The van der Waals surface area contributed by atoms with E-state index in [1.165, 1.54) is 24.7 Å². The summed E-state index contributed by atoms with van der Waals surface area (Å²) in [6.07, 6.45) is 8.51. The van der Waals surface area contributed by atoms with Gasteiger partial charge in [0.25, 0.3) is 0 Å². The molecule has 1 spiro atoms. The maximum absolute atomic E-state index is 2.28. The fourth-order valence-electron chi connectivity index (χ4n) is 3.37. The van der Waals surface area contributed by atoms with E-state index in [1.54, 1.807) is 12.8 Å². The molecule has 0 radical (unpaired) electrons. The minimum absolute atomic E-state index is 0.952. The Bertz CT molecular complexity index is 158. The smallest absolute Gasteiger partial charge is 0.0118 e. The van der Waals surface area contributed by atoms with Crippen LogP contribution < -0.4 is 0 Å². The third kappa shape index (κ3) is 0.459. The van der Waals surface area contributed by atoms with Crippen molar-refractivity contribution in [1.82, 2.24) is 0 Å². The van der Waals surface area contributed by atoms with Crippen LogP contribution in [-0.4, -0.2) is 11.5 Å². The second-order valence-corrected chi connectivity index (χ2v) is 5.21. The second kappa shape index (κ2) is 1.57. The summed E-state index contributed by atoms with van der Waals surface area (Å²) in [4.78, 5) is 0. The zero-order valence-corrected chi connectivity index (χ0v) is 7.29. The van der Waals surface area contributed by atoms with E-state index in [2.05, 4.69) is 18.0 Å². The number of hydrogen-bond donors (Lipinski definition) is 0. The molecule has 3 aliphatic rings. The van der Waals surface area contributed by atoms with E-state index in [9.17, 15) is 0 Å². The Morgan fingerprint density at radius 3 is 2.30 bits per heavy atom. The average Bonchev–Trinajstić information content (AvgIpc) is 2.74. The van der Waals surface area contributed by atoms with E-state index in [1.807, 2.05) is 0 Å². The molecule has 1 heteroatoms. The minimum atomic E-state index is 0.952. The predicted octanol–water partition coefficient (Wildman–Crippen LogP) is 2.54. The van der Waals surface area contributed by atoms with Crippen LogP contribution in [0.5, 0.6) is 0 Å². The van der Waals surface area contributed by atoms with Crippen molar-refractivity contribution < 1.29 is 0 Å². The topological polar surface area (TPSA) is 0 Å². The van der Waals surface area contributed by atoms with Gasteiger partial charge in [-0.2, -0.15) is 11.8 Å². The fraction of sp³-hybridized carbons (Fsp3) is 1.00. The van der Waals surface area contributed by atoms with Crippen LogP contribution >= 0.6 is 11.8 Å². The van der Waals surface area contributed by atoms with Gasteiger partial charge in [0.15, 0.2) is 0 Å². The highest BCUT2D eigenvalue weighted by Gasteiger charge is 2.82. The van der Waals surface area contributed by atoms with E-state index < -0.39 is 0 Å². The molecular formula is C9H14S. The Hall–Kier alpha value is 0.350. The lowest BCUT2D eigenvalue weighted by atomic mass is 9.93. The van der Waals surface area contributed by atoms with Gasteiger partial charge in [0.05, 0.1) is 0 Å². The van der Waals surface area contributed by atoms with Gasteiger partial charge in [-0.25, -0.2) is 0 Å². The minimum Gasteiger partial charge on any atom is -0.161 e. The summed E-state index contributed by atoms with van der Waals surface area (Å²) in [6.45, 7) is 0. The van der Waals surface area contributed by atoms with E-state index in [0.717, 1.165) is 10.7 Å². The molecule has 3 aliphatic carbocycles. The molecule has 0 N–H and O–H groups in total. The Balaban J connectivity index is 1.71. The molecule has 0 bridgehead atoms. The van der Waals surface area contributed by atoms with Gasteiger partial charge < -0.3 is 0 Å². The van der Waals surface area contributed by atoms with Crippen molar-refractivity contribution in [2.75, 3.05) is 6.26 Å². The monoisotopic (exact) mass is 154 g/mol. The van der Waals surface area contributed by atoms with Gasteiger partial charge in [0.2, 0.25) is 0 Å². The first-order valence-corrected chi connectivity index (χ1v) is 5.72. The Morgan fingerprint density at radius 2 is 1.80 bits per heavy atom. The second-order valence-electron chi connectivity index (χ2n) is 4.19. The molecule has 3 saturated carbocycles. The number of hydrogen-bond acceptors (Lipinski definition) is 1. The van der Waals surface area contributed by atoms with Crippen molar-refractivity contribution in [3.63, 3.8) is 0 Å². The molecule has 0 aromatic rings. The van der Waals surface area contributed by atoms with Crippen LogP contribution in [0.3, 0.4) is 0 Å². The van der Waals surface area contributed by atoms with Gasteiger partial charge in [0, 0.05) is 5.25 Å². The molecule has 0 saturated heterocycles. The molecule has 56 valence electrons. The molecule has 0 aromatic heterocycles. The van der Waals surface area contributed by atoms with Crippen molar-refractivity contribution in [2.45, 2.75) is 30.9 Å². The van der Waals surface area contributed by atoms with Gasteiger partial charge in [-0.3, -0.25) is 0 Å². The van der Waals surface area contributed by atoms with Crippen molar-refractivity contribution in [2.24, 2.45) is 17.3 Å². The predicted molar refractivity (Wildman–Crippen MR) is 45.2 cm³/mol. The van der Waals surface area contributed by atoms with E-state index in [0.29, 0.717) is 0 Å². The zero-order valence-electron chi connectivity index (χ0n) is 6.47. The first kappa shape index (κ1) is 5.93. The average molecular weight is 154 g/mol. The molecular weight excluding hydrogens is 140 g/mol. The molecule has 0 amide bonds. The summed E-state index contributed by atoms with van der Waals surface area (Å²) in [6, 6.07) is 0. The highest BCUT2D eigenvalue weighted by atomic mass is 32.2. The van der Waals surface area contributed by atoms with Crippen LogP contribution in [0.25, 0.3) is 0 Å². The highest BCUT2D eigenvalue weighted by Crippen LogP contribution is 2.85. The first-order chi connectivity index (χ1) is 4.90.